The van der Waals surface area contributed by atoms with Gasteiger partial charge in [-0.1, -0.05) is 12.1 Å². The summed E-state index contributed by atoms with van der Waals surface area (Å²) in [6.45, 7) is 0.442. The van der Waals surface area contributed by atoms with Crippen molar-refractivity contribution in [3.05, 3.63) is 89.8 Å². The first-order valence-electron chi connectivity index (χ1n) is 19.3. The molecule has 4 amide bonds. The molecule has 3 aromatic heterocycles. The lowest BCUT2D eigenvalue weighted by atomic mass is 9.76. The largest absolute Gasteiger partial charge is 0.369 e. The lowest BCUT2D eigenvalue weighted by molar-refractivity contribution is -0.136. The van der Waals surface area contributed by atoms with Gasteiger partial charge in [0.25, 0.3) is 11.8 Å². The van der Waals surface area contributed by atoms with E-state index in [0.29, 0.717) is 103 Å². The zero-order valence-corrected chi connectivity index (χ0v) is 30.9. The first-order valence-corrected chi connectivity index (χ1v) is 19.3. The highest BCUT2D eigenvalue weighted by atomic mass is 19.3. The second kappa shape index (κ2) is 14.4. The number of piperazine rings is 1. The van der Waals surface area contributed by atoms with Crippen molar-refractivity contribution >= 4 is 51.1 Å². The zero-order valence-electron chi connectivity index (χ0n) is 30.9. The number of carbonyl (C=O) groups excluding carboxylic acids is 4. The smallest absolute Gasteiger partial charge is 0.319 e. The number of amides is 4. The minimum Gasteiger partial charge on any atom is -0.369 e. The number of pyridine rings is 2. The van der Waals surface area contributed by atoms with E-state index < -0.39 is 47.7 Å². The van der Waals surface area contributed by atoms with Crippen LogP contribution in [0.15, 0.2) is 67.1 Å². The van der Waals surface area contributed by atoms with Crippen LogP contribution in [0.3, 0.4) is 0 Å². The SMILES string of the molecule is O=C1CCC(N2C(=O)c3ccc(N4CCN(CCC5(F)CCC(c6ncc(-c7ccc8c9cnccc9n(C(F)F)c8c7)cc6F)CC5)CC4)cc3C2=O)C(=O)N1. The fraction of sp³-hybridized carbons (Fsp3) is 0.381. The van der Waals surface area contributed by atoms with Gasteiger partial charge in [0, 0.05) is 85.7 Å². The predicted molar refractivity (Wildman–Crippen MR) is 203 cm³/mol. The third-order valence-electron chi connectivity index (χ3n) is 12.3. The minimum absolute atomic E-state index is 0.0540. The summed E-state index contributed by atoms with van der Waals surface area (Å²) >= 11 is 0. The van der Waals surface area contributed by atoms with Crippen LogP contribution in [0.4, 0.5) is 23.2 Å². The normalized spacial score (nSPS) is 23.2. The summed E-state index contributed by atoms with van der Waals surface area (Å²) in [5, 5.41) is 3.44. The van der Waals surface area contributed by atoms with Crippen LogP contribution in [0.25, 0.3) is 32.9 Å². The molecule has 15 heteroatoms. The van der Waals surface area contributed by atoms with Crippen LogP contribution in [0.1, 0.15) is 83.8 Å². The van der Waals surface area contributed by atoms with E-state index in [2.05, 4.69) is 25.1 Å². The van der Waals surface area contributed by atoms with Crippen LogP contribution in [-0.4, -0.2) is 92.4 Å². The van der Waals surface area contributed by atoms with Crippen molar-refractivity contribution in [2.45, 2.75) is 69.1 Å². The molecule has 11 nitrogen and oxygen atoms in total. The van der Waals surface area contributed by atoms with Gasteiger partial charge in [-0.05, 0) is 80.5 Å². The minimum atomic E-state index is -2.77. The number of imide groups is 2. The number of fused-ring (bicyclic) bond motifs is 4. The quantitative estimate of drug-likeness (QED) is 0.136. The standard InChI is InChI=1S/C42H39F4N7O4/c43-32-19-26(25-1-3-28-31-23-47-13-9-33(31)52(41(44)45)35(28)20-25)22-48-37(32)24-7-10-42(46,11-8-24)12-14-50-15-17-51(18-16-50)27-2-4-29-30(21-27)40(57)53(39(29)56)34-5-6-36(54)49-38(34)55/h1-4,9,13,19-24,34,41H,5-8,10-12,14-18H2,(H,49,54,55). The average Bonchev–Trinajstić information content (AvgIpc) is 3.67. The van der Waals surface area contributed by atoms with Crippen LogP contribution in [0.5, 0.6) is 0 Å². The molecule has 1 saturated carbocycles. The lowest BCUT2D eigenvalue weighted by Crippen LogP contribution is -2.54. The van der Waals surface area contributed by atoms with E-state index in [-0.39, 0.29) is 29.9 Å². The van der Waals surface area contributed by atoms with Crippen LogP contribution in [-0.2, 0) is 9.59 Å². The Bertz CT molecular complexity index is 2460. The third-order valence-corrected chi connectivity index (χ3v) is 12.3. The maximum Gasteiger partial charge on any atom is 0.319 e. The number of anilines is 1. The summed E-state index contributed by atoms with van der Waals surface area (Å²) in [6.07, 6.45) is 6.60. The number of benzene rings is 2. The van der Waals surface area contributed by atoms with Gasteiger partial charge in [-0.15, -0.1) is 0 Å². The molecule has 5 aromatic rings. The molecule has 3 fully saturated rings. The van der Waals surface area contributed by atoms with Gasteiger partial charge in [0.2, 0.25) is 11.8 Å². The van der Waals surface area contributed by atoms with Gasteiger partial charge in [-0.25, -0.2) is 8.78 Å². The second-order valence-corrected chi connectivity index (χ2v) is 15.5. The number of nitrogens with one attached hydrogen (secondary N) is 1. The van der Waals surface area contributed by atoms with Crippen LogP contribution >= 0.6 is 0 Å². The molecule has 9 rings (SSSR count). The Morgan fingerprint density at radius 3 is 2.33 bits per heavy atom. The third kappa shape index (κ3) is 6.60. The van der Waals surface area contributed by atoms with Crippen molar-refractivity contribution in [1.82, 2.24) is 29.7 Å². The molecule has 2 aromatic carbocycles. The Kier molecular flexibility index (Phi) is 9.29. The van der Waals surface area contributed by atoms with Crippen LogP contribution < -0.4 is 10.2 Å². The number of piperidine rings is 1. The fourth-order valence-corrected chi connectivity index (χ4v) is 9.09. The summed E-state index contributed by atoms with van der Waals surface area (Å²) in [5.74, 6) is -2.89. The monoisotopic (exact) mass is 781 g/mol. The van der Waals surface area contributed by atoms with E-state index in [0.717, 1.165) is 15.2 Å². The molecule has 1 aliphatic carbocycles. The van der Waals surface area contributed by atoms with E-state index >= 15 is 8.78 Å². The first-order chi connectivity index (χ1) is 27.5. The van der Waals surface area contributed by atoms with Gasteiger partial charge < -0.3 is 4.90 Å². The number of alkyl halides is 3. The number of rotatable bonds is 8. The van der Waals surface area contributed by atoms with Crippen LogP contribution in [0.2, 0.25) is 0 Å². The number of hydrogen-bond donors (Lipinski definition) is 1. The van der Waals surface area contributed by atoms with Crippen molar-refractivity contribution in [3.8, 4) is 11.1 Å². The molecule has 0 spiro atoms. The van der Waals surface area contributed by atoms with E-state index in [1.807, 2.05) is 0 Å². The molecular formula is C42H39F4N7O4. The summed E-state index contributed by atoms with van der Waals surface area (Å²) in [4.78, 5) is 64.2. The Morgan fingerprint density at radius 1 is 0.825 bits per heavy atom. The predicted octanol–water partition coefficient (Wildman–Crippen LogP) is 6.77. The Balaban J connectivity index is 0.786. The number of nitrogens with zero attached hydrogens (tertiary/aromatic N) is 6. The summed E-state index contributed by atoms with van der Waals surface area (Å²) in [6, 6.07) is 12.1. The number of aromatic nitrogens is 3. The average molecular weight is 782 g/mol. The number of halogens is 4. The number of carbonyl (C=O) groups is 4. The van der Waals surface area contributed by atoms with E-state index in [1.54, 1.807) is 54.9 Å². The molecule has 2 saturated heterocycles. The molecule has 1 atom stereocenters. The van der Waals surface area contributed by atoms with Crippen molar-refractivity contribution in [1.29, 1.82) is 0 Å². The Morgan fingerprint density at radius 2 is 1.60 bits per heavy atom. The van der Waals surface area contributed by atoms with Crippen molar-refractivity contribution in [3.63, 3.8) is 0 Å². The van der Waals surface area contributed by atoms with Gasteiger partial charge in [0.05, 0.1) is 27.9 Å². The summed E-state index contributed by atoms with van der Waals surface area (Å²) in [7, 11) is 0. The van der Waals surface area contributed by atoms with Gasteiger partial charge in [0.1, 0.15) is 17.5 Å². The van der Waals surface area contributed by atoms with E-state index in [4.69, 9.17) is 0 Å². The Labute approximate surface area is 324 Å². The van der Waals surface area contributed by atoms with Gasteiger partial charge in [0.15, 0.2) is 0 Å². The van der Waals surface area contributed by atoms with Crippen molar-refractivity contribution in [2.24, 2.45) is 0 Å². The van der Waals surface area contributed by atoms with Crippen molar-refractivity contribution in [2.75, 3.05) is 37.6 Å². The molecule has 1 N–H and O–H groups in total. The molecular weight excluding hydrogens is 742 g/mol. The summed E-state index contributed by atoms with van der Waals surface area (Å²) < 4.78 is 60.9. The van der Waals surface area contributed by atoms with Gasteiger partial charge in [-0.2, -0.15) is 8.78 Å². The first kappa shape index (κ1) is 36.9. The topological polar surface area (TPSA) is 121 Å². The highest BCUT2D eigenvalue weighted by molar-refractivity contribution is 6.23. The molecule has 3 aliphatic heterocycles. The molecule has 0 bridgehead atoms. The highest BCUT2D eigenvalue weighted by Crippen LogP contribution is 2.43. The second-order valence-electron chi connectivity index (χ2n) is 15.5. The van der Waals surface area contributed by atoms with Gasteiger partial charge in [-0.3, -0.25) is 48.8 Å². The van der Waals surface area contributed by atoms with E-state index in [1.165, 1.54) is 12.3 Å². The molecule has 0 radical (unpaired) electrons. The van der Waals surface area contributed by atoms with Crippen LogP contribution in [0, 0.1) is 5.82 Å². The molecule has 1 unspecified atom stereocenters. The number of hydrogen-bond acceptors (Lipinski definition) is 8. The highest BCUT2D eigenvalue weighted by Gasteiger charge is 2.45. The summed E-state index contributed by atoms with van der Waals surface area (Å²) in [5.41, 5.74) is 1.88. The molecule has 294 valence electrons. The lowest BCUT2D eigenvalue weighted by Gasteiger charge is -2.39. The molecule has 57 heavy (non-hydrogen) atoms. The fourth-order valence-electron chi connectivity index (χ4n) is 9.09. The zero-order chi connectivity index (χ0) is 39.6. The van der Waals surface area contributed by atoms with Crippen molar-refractivity contribution < 1.29 is 36.7 Å². The van der Waals surface area contributed by atoms with Gasteiger partial charge >= 0.3 is 6.55 Å². The van der Waals surface area contributed by atoms with E-state index in [9.17, 15) is 28.0 Å². The maximum absolute atomic E-state index is 16.1. The maximum atomic E-state index is 16.1. The molecule has 6 heterocycles. The molecule has 4 aliphatic rings. The Hall–Kier alpha value is -5.70.